The van der Waals surface area contributed by atoms with Crippen molar-refractivity contribution in [2.45, 2.75) is 6.54 Å². The number of nitro benzene ring substituents is 1. The van der Waals surface area contributed by atoms with Gasteiger partial charge in [-0.1, -0.05) is 18.2 Å². The number of carbonyl (C=O) groups is 1. The van der Waals surface area contributed by atoms with Gasteiger partial charge in [0.25, 0.3) is 11.6 Å². The van der Waals surface area contributed by atoms with Crippen molar-refractivity contribution >= 4 is 28.2 Å². The van der Waals surface area contributed by atoms with Crippen molar-refractivity contribution < 1.29 is 9.72 Å². The number of nitro groups is 1. The number of aromatic amines is 1. The van der Waals surface area contributed by atoms with Gasteiger partial charge in [0, 0.05) is 35.3 Å². The molecule has 116 valence electrons. The molecule has 0 saturated heterocycles. The minimum absolute atomic E-state index is 0.0167. The van der Waals surface area contributed by atoms with Crippen LogP contribution in [0.2, 0.25) is 0 Å². The molecule has 0 fully saturated rings. The van der Waals surface area contributed by atoms with Crippen LogP contribution in [-0.2, 0) is 6.54 Å². The maximum absolute atomic E-state index is 12.4. The normalized spacial score (nSPS) is 10.7. The van der Waals surface area contributed by atoms with E-state index >= 15 is 0 Å². The fourth-order valence-electron chi connectivity index (χ4n) is 2.37. The Balaban J connectivity index is 1.90. The highest BCUT2D eigenvalue weighted by Gasteiger charge is 2.13. The summed E-state index contributed by atoms with van der Waals surface area (Å²) < 4.78 is 0. The van der Waals surface area contributed by atoms with Gasteiger partial charge in [-0.25, -0.2) is 0 Å². The van der Waals surface area contributed by atoms with Crippen molar-refractivity contribution in [1.29, 1.82) is 0 Å². The molecule has 7 heteroatoms. The van der Waals surface area contributed by atoms with Gasteiger partial charge in [0.2, 0.25) is 0 Å². The zero-order chi connectivity index (χ0) is 16.4. The molecule has 4 N–H and O–H groups in total. The zero-order valence-electron chi connectivity index (χ0n) is 12.1. The first-order valence-electron chi connectivity index (χ1n) is 6.95. The van der Waals surface area contributed by atoms with E-state index < -0.39 is 4.92 Å². The fraction of sp³-hybridized carbons (Fsp3) is 0.0625. The molecule has 7 nitrogen and oxygen atoms in total. The number of aromatic nitrogens is 1. The molecule has 1 aromatic heterocycles. The van der Waals surface area contributed by atoms with Crippen molar-refractivity contribution in [3.05, 3.63) is 69.9 Å². The average molecular weight is 310 g/mol. The van der Waals surface area contributed by atoms with Crippen molar-refractivity contribution in [2.24, 2.45) is 5.73 Å². The van der Waals surface area contributed by atoms with Gasteiger partial charge in [-0.05, 0) is 23.8 Å². The number of nitrogens with two attached hydrogens (primary N) is 1. The second-order valence-electron chi connectivity index (χ2n) is 5.03. The summed E-state index contributed by atoms with van der Waals surface area (Å²) in [6.07, 6.45) is 0. The van der Waals surface area contributed by atoms with Crippen LogP contribution in [0.4, 0.5) is 11.4 Å². The highest BCUT2D eigenvalue weighted by Crippen LogP contribution is 2.22. The van der Waals surface area contributed by atoms with Crippen molar-refractivity contribution in [3.8, 4) is 0 Å². The van der Waals surface area contributed by atoms with Crippen molar-refractivity contribution in [3.63, 3.8) is 0 Å². The third-order valence-corrected chi connectivity index (χ3v) is 3.55. The molecule has 0 unspecified atom stereocenters. The summed E-state index contributed by atoms with van der Waals surface area (Å²) in [4.78, 5) is 25.6. The Labute approximate surface area is 131 Å². The number of rotatable bonds is 4. The Morgan fingerprint density at radius 1 is 1.22 bits per heavy atom. The molecule has 0 aliphatic rings. The number of para-hydroxylation sites is 1. The quantitative estimate of drug-likeness (QED) is 0.507. The van der Waals surface area contributed by atoms with E-state index in [-0.39, 0.29) is 11.6 Å². The van der Waals surface area contributed by atoms with Gasteiger partial charge in [-0.15, -0.1) is 0 Å². The third-order valence-electron chi connectivity index (χ3n) is 3.55. The maximum Gasteiger partial charge on any atom is 0.272 e. The Hall–Kier alpha value is -3.19. The Kier molecular flexibility index (Phi) is 3.78. The number of fused-ring (bicyclic) bond motifs is 1. The topological polar surface area (TPSA) is 114 Å². The van der Waals surface area contributed by atoms with Crippen molar-refractivity contribution in [2.75, 3.05) is 5.32 Å². The first-order valence-corrected chi connectivity index (χ1v) is 6.95. The van der Waals surface area contributed by atoms with Crippen LogP contribution >= 0.6 is 0 Å². The molecule has 3 aromatic rings. The number of hydrogen-bond acceptors (Lipinski definition) is 4. The third kappa shape index (κ3) is 2.90. The second kappa shape index (κ2) is 5.90. The molecule has 1 amide bonds. The first-order chi connectivity index (χ1) is 11.1. The van der Waals surface area contributed by atoms with Gasteiger partial charge in [-0.2, -0.15) is 0 Å². The number of hydrogen-bond donors (Lipinski definition) is 3. The Morgan fingerprint density at radius 2 is 2.00 bits per heavy atom. The number of amides is 1. The molecule has 3 rings (SSSR count). The van der Waals surface area contributed by atoms with Crippen molar-refractivity contribution in [1.82, 2.24) is 4.98 Å². The van der Waals surface area contributed by atoms with E-state index in [1.54, 1.807) is 18.2 Å². The monoisotopic (exact) mass is 310 g/mol. The molecule has 0 aliphatic heterocycles. The van der Waals surface area contributed by atoms with E-state index in [1.165, 1.54) is 12.1 Å². The van der Waals surface area contributed by atoms with E-state index in [1.807, 2.05) is 18.2 Å². The SMILES string of the molecule is NCc1ccccc1NC(=O)c1cc2cc([N+](=O)[O-])ccc2[nH]1. The minimum Gasteiger partial charge on any atom is -0.351 e. The van der Waals surface area contributed by atoms with Crippen LogP contribution in [0, 0.1) is 10.1 Å². The van der Waals surface area contributed by atoms with Gasteiger partial charge in [0.1, 0.15) is 5.69 Å². The number of carbonyl (C=O) groups excluding carboxylic acids is 1. The average Bonchev–Trinajstić information content (AvgIpc) is 2.98. The van der Waals surface area contributed by atoms with Gasteiger partial charge in [0.05, 0.1) is 4.92 Å². The summed E-state index contributed by atoms with van der Waals surface area (Å²) in [6.45, 7) is 0.315. The summed E-state index contributed by atoms with van der Waals surface area (Å²) in [7, 11) is 0. The highest BCUT2D eigenvalue weighted by atomic mass is 16.6. The first kappa shape index (κ1) is 14.7. The molecule has 2 aromatic carbocycles. The number of non-ortho nitro benzene ring substituents is 1. The zero-order valence-corrected chi connectivity index (χ0v) is 12.1. The summed E-state index contributed by atoms with van der Waals surface area (Å²) in [5, 5.41) is 14.2. The molecule has 0 bridgehead atoms. The lowest BCUT2D eigenvalue weighted by Crippen LogP contribution is -2.14. The van der Waals surface area contributed by atoms with Crippen LogP contribution in [0.3, 0.4) is 0 Å². The van der Waals surface area contributed by atoms with Gasteiger partial charge in [0.15, 0.2) is 0 Å². The van der Waals surface area contributed by atoms with Crippen LogP contribution in [0.25, 0.3) is 10.9 Å². The van der Waals surface area contributed by atoms with E-state index in [9.17, 15) is 14.9 Å². The fourth-order valence-corrected chi connectivity index (χ4v) is 2.37. The van der Waals surface area contributed by atoms with Crippen LogP contribution in [0.5, 0.6) is 0 Å². The summed E-state index contributed by atoms with van der Waals surface area (Å²) >= 11 is 0. The molecule has 1 heterocycles. The standard InChI is InChI=1S/C16H14N4O3/c17-9-10-3-1-2-4-13(10)19-16(21)15-8-11-7-12(20(22)23)5-6-14(11)18-15/h1-8,18H,9,17H2,(H,19,21). The lowest BCUT2D eigenvalue weighted by Gasteiger charge is -2.08. The van der Waals surface area contributed by atoms with Crippen LogP contribution in [0.1, 0.15) is 16.1 Å². The lowest BCUT2D eigenvalue weighted by molar-refractivity contribution is -0.384. The molecule has 0 saturated carbocycles. The van der Waals surface area contributed by atoms with E-state index in [4.69, 9.17) is 5.73 Å². The molecular weight excluding hydrogens is 296 g/mol. The van der Waals surface area contributed by atoms with E-state index in [0.717, 1.165) is 5.56 Å². The molecule has 0 atom stereocenters. The number of anilines is 1. The summed E-state index contributed by atoms with van der Waals surface area (Å²) in [5.41, 5.74) is 8.09. The predicted octanol–water partition coefficient (Wildman–Crippen LogP) is 2.79. The lowest BCUT2D eigenvalue weighted by atomic mass is 10.1. The minimum atomic E-state index is -0.469. The second-order valence-corrected chi connectivity index (χ2v) is 5.03. The molecule has 0 aliphatic carbocycles. The van der Waals surface area contributed by atoms with Crippen LogP contribution < -0.4 is 11.1 Å². The predicted molar refractivity (Wildman–Crippen MR) is 87.2 cm³/mol. The number of nitrogens with zero attached hydrogens (tertiary/aromatic N) is 1. The van der Waals surface area contributed by atoms with Gasteiger partial charge >= 0.3 is 0 Å². The summed E-state index contributed by atoms with van der Waals surface area (Å²) in [6, 6.07) is 13.3. The molecule has 0 spiro atoms. The summed E-state index contributed by atoms with van der Waals surface area (Å²) in [5.74, 6) is -0.329. The van der Waals surface area contributed by atoms with E-state index in [2.05, 4.69) is 10.3 Å². The largest absolute Gasteiger partial charge is 0.351 e. The van der Waals surface area contributed by atoms with E-state index in [0.29, 0.717) is 28.8 Å². The van der Waals surface area contributed by atoms with Crippen LogP contribution in [0.15, 0.2) is 48.5 Å². The van der Waals surface area contributed by atoms with Crippen LogP contribution in [-0.4, -0.2) is 15.8 Å². The number of nitrogens with one attached hydrogen (secondary N) is 2. The maximum atomic E-state index is 12.4. The number of benzene rings is 2. The van der Waals surface area contributed by atoms with Gasteiger partial charge in [-0.3, -0.25) is 14.9 Å². The Morgan fingerprint density at radius 3 is 2.74 bits per heavy atom. The smallest absolute Gasteiger partial charge is 0.272 e. The molecular formula is C16H14N4O3. The molecule has 23 heavy (non-hydrogen) atoms. The number of H-pyrrole nitrogens is 1. The Bertz CT molecular complexity index is 901. The molecule has 0 radical (unpaired) electrons. The van der Waals surface area contributed by atoms with Gasteiger partial charge < -0.3 is 16.0 Å². The highest BCUT2D eigenvalue weighted by molar-refractivity contribution is 6.06.